The Kier molecular flexibility index (Phi) is 6.27. The smallest absolute Gasteiger partial charge is 0.278 e. The number of carbonyl (C=O) groups is 2. The SMILES string of the molecule is COCCCN1C(=O)C(Nc2cc(C)ccc2C)=C(c2ccc([N+](=O)[O-])cc2)C1=O. The van der Waals surface area contributed by atoms with E-state index in [0.717, 1.165) is 16.8 Å². The molecule has 2 aromatic carbocycles. The molecule has 2 amide bonds. The monoisotopic (exact) mass is 409 g/mol. The summed E-state index contributed by atoms with van der Waals surface area (Å²) in [5.74, 6) is -0.858. The van der Waals surface area contributed by atoms with Gasteiger partial charge in [0.2, 0.25) is 0 Å². The predicted octanol–water partition coefficient (Wildman–Crippen LogP) is 3.44. The Balaban J connectivity index is 2.04. The van der Waals surface area contributed by atoms with Crippen LogP contribution in [0.2, 0.25) is 0 Å². The van der Waals surface area contributed by atoms with E-state index in [1.165, 1.54) is 29.2 Å². The first-order valence-corrected chi connectivity index (χ1v) is 9.52. The van der Waals surface area contributed by atoms with Crippen molar-refractivity contribution in [3.8, 4) is 0 Å². The lowest BCUT2D eigenvalue weighted by molar-refractivity contribution is -0.384. The van der Waals surface area contributed by atoms with Gasteiger partial charge in [-0.3, -0.25) is 24.6 Å². The number of nitro groups is 1. The number of ether oxygens (including phenoxy) is 1. The molecule has 1 aliphatic rings. The molecule has 0 fully saturated rings. The third kappa shape index (κ3) is 4.23. The van der Waals surface area contributed by atoms with Gasteiger partial charge in [0.1, 0.15) is 5.70 Å². The number of aryl methyl sites for hydroxylation is 2. The molecule has 3 rings (SSSR count). The number of carbonyl (C=O) groups excluding carboxylic acids is 2. The van der Waals surface area contributed by atoms with Crippen LogP contribution in [0.25, 0.3) is 5.57 Å². The number of imide groups is 1. The molecular formula is C22H23N3O5. The van der Waals surface area contributed by atoms with Gasteiger partial charge in [0.05, 0.1) is 10.5 Å². The van der Waals surface area contributed by atoms with E-state index < -0.39 is 16.7 Å². The molecule has 0 bridgehead atoms. The number of hydrogen-bond acceptors (Lipinski definition) is 6. The van der Waals surface area contributed by atoms with Crippen molar-refractivity contribution in [3.05, 3.63) is 75.0 Å². The molecule has 0 atom stereocenters. The molecule has 0 aromatic heterocycles. The van der Waals surface area contributed by atoms with Crippen molar-refractivity contribution in [2.75, 3.05) is 25.6 Å². The topological polar surface area (TPSA) is 102 Å². The molecule has 0 radical (unpaired) electrons. The van der Waals surface area contributed by atoms with Crippen molar-refractivity contribution in [2.24, 2.45) is 0 Å². The van der Waals surface area contributed by atoms with Crippen LogP contribution in [0, 0.1) is 24.0 Å². The van der Waals surface area contributed by atoms with Crippen LogP contribution in [-0.2, 0) is 14.3 Å². The number of nitro benzene ring substituents is 1. The maximum Gasteiger partial charge on any atom is 0.278 e. The van der Waals surface area contributed by atoms with Gasteiger partial charge < -0.3 is 10.1 Å². The molecule has 156 valence electrons. The first kappa shape index (κ1) is 21.2. The minimum atomic E-state index is -0.508. The number of nitrogens with zero attached hydrogens (tertiary/aromatic N) is 2. The maximum absolute atomic E-state index is 13.1. The number of benzene rings is 2. The molecule has 30 heavy (non-hydrogen) atoms. The first-order valence-electron chi connectivity index (χ1n) is 9.52. The Morgan fingerprint density at radius 1 is 1.07 bits per heavy atom. The third-order valence-corrected chi connectivity index (χ3v) is 4.92. The van der Waals surface area contributed by atoms with Gasteiger partial charge in [-0.25, -0.2) is 0 Å². The summed E-state index contributed by atoms with van der Waals surface area (Å²) in [6, 6.07) is 11.4. The third-order valence-electron chi connectivity index (χ3n) is 4.92. The highest BCUT2D eigenvalue weighted by molar-refractivity contribution is 6.36. The van der Waals surface area contributed by atoms with Crippen LogP contribution >= 0.6 is 0 Å². The van der Waals surface area contributed by atoms with Gasteiger partial charge in [0.25, 0.3) is 17.5 Å². The Bertz CT molecular complexity index is 1030. The Labute approximate surface area is 174 Å². The second kappa shape index (κ2) is 8.87. The zero-order valence-electron chi connectivity index (χ0n) is 17.1. The second-order valence-corrected chi connectivity index (χ2v) is 7.11. The lowest BCUT2D eigenvalue weighted by atomic mass is 10.0. The average Bonchev–Trinajstić information content (AvgIpc) is 2.95. The van der Waals surface area contributed by atoms with Crippen LogP contribution in [0.1, 0.15) is 23.1 Å². The van der Waals surface area contributed by atoms with Gasteiger partial charge in [0.15, 0.2) is 0 Å². The molecule has 0 unspecified atom stereocenters. The summed E-state index contributed by atoms with van der Waals surface area (Å²) in [4.78, 5) is 37.9. The Morgan fingerprint density at radius 3 is 2.40 bits per heavy atom. The highest BCUT2D eigenvalue weighted by atomic mass is 16.6. The summed E-state index contributed by atoms with van der Waals surface area (Å²) in [7, 11) is 1.56. The highest BCUT2D eigenvalue weighted by Crippen LogP contribution is 2.32. The largest absolute Gasteiger partial charge is 0.385 e. The first-order chi connectivity index (χ1) is 14.3. The lowest BCUT2D eigenvalue weighted by Crippen LogP contribution is -2.34. The molecule has 0 saturated carbocycles. The molecule has 1 aliphatic heterocycles. The number of methoxy groups -OCH3 is 1. The quantitative estimate of drug-likeness (QED) is 0.310. The van der Waals surface area contributed by atoms with Crippen LogP contribution in [0.5, 0.6) is 0 Å². The van der Waals surface area contributed by atoms with E-state index in [2.05, 4.69) is 5.32 Å². The van der Waals surface area contributed by atoms with E-state index in [0.29, 0.717) is 18.6 Å². The molecule has 1 N–H and O–H groups in total. The summed E-state index contributed by atoms with van der Waals surface area (Å²) in [6.07, 6.45) is 0.512. The fourth-order valence-electron chi connectivity index (χ4n) is 3.28. The normalized spacial score (nSPS) is 13.9. The summed E-state index contributed by atoms with van der Waals surface area (Å²) >= 11 is 0. The number of non-ortho nitro benzene ring substituents is 1. The minimum Gasteiger partial charge on any atom is -0.385 e. The van der Waals surface area contributed by atoms with Crippen LogP contribution in [0.15, 0.2) is 48.2 Å². The molecule has 8 nitrogen and oxygen atoms in total. The van der Waals surface area contributed by atoms with Crippen molar-refractivity contribution in [2.45, 2.75) is 20.3 Å². The van der Waals surface area contributed by atoms with Gasteiger partial charge in [-0.05, 0) is 55.2 Å². The minimum absolute atomic E-state index is 0.0860. The standard InChI is InChI=1S/C22H23N3O5/c1-14-5-6-15(2)18(13-14)23-20-19(16-7-9-17(10-8-16)25(28)29)21(26)24(22(20)27)11-4-12-30-3/h5-10,13,23H,4,11-12H2,1-3H3. The zero-order valence-corrected chi connectivity index (χ0v) is 17.1. The van der Waals surface area contributed by atoms with Crippen molar-refractivity contribution >= 4 is 28.8 Å². The molecule has 8 heteroatoms. The number of rotatable bonds is 8. The molecule has 2 aromatic rings. The molecule has 0 aliphatic carbocycles. The van der Waals surface area contributed by atoms with Crippen LogP contribution in [-0.4, -0.2) is 41.9 Å². The number of amides is 2. The second-order valence-electron chi connectivity index (χ2n) is 7.11. The van der Waals surface area contributed by atoms with Gasteiger partial charge >= 0.3 is 0 Å². The summed E-state index contributed by atoms with van der Waals surface area (Å²) in [5, 5.41) is 14.1. The molecule has 0 spiro atoms. The lowest BCUT2D eigenvalue weighted by Gasteiger charge is -2.15. The van der Waals surface area contributed by atoms with Crippen LogP contribution in [0.3, 0.4) is 0 Å². The average molecular weight is 409 g/mol. The maximum atomic E-state index is 13.1. The molecule has 1 heterocycles. The zero-order chi connectivity index (χ0) is 21.8. The van der Waals surface area contributed by atoms with Gasteiger partial charge in [-0.1, -0.05) is 12.1 Å². The fraction of sp³-hybridized carbons (Fsp3) is 0.273. The molecular weight excluding hydrogens is 386 g/mol. The Hall–Kier alpha value is -3.52. The van der Waals surface area contributed by atoms with Crippen LogP contribution < -0.4 is 5.32 Å². The Morgan fingerprint density at radius 2 is 1.77 bits per heavy atom. The van der Waals surface area contributed by atoms with Gasteiger partial charge in [-0.15, -0.1) is 0 Å². The summed E-state index contributed by atoms with van der Waals surface area (Å²) in [5.41, 5.74) is 3.39. The van der Waals surface area contributed by atoms with E-state index >= 15 is 0 Å². The van der Waals surface area contributed by atoms with Crippen molar-refractivity contribution in [1.29, 1.82) is 0 Å². The fourth-order valence-corrected chi connectivity index (χ4v) is 3.28. The van der Waals surface area contributed by atoms with Gasteiger partial charge in [-0.2, -0.15) is 0 Å². The van der Waals surface area contributed by atoms with Gasteiger partial charge in [0, 0.05) is 38.1 Å². The number of anilines is 1. The summed E-state index contributed by atoms with van der Waals surface area (Å²) < 4.78 is 5.03. The van der Waals surface area contributed by atoms with E-state index in [9.17, 15) is 19.7 Å². The van der Waals surface area contributed by atoms with E-state index in [-0.39, 0.29) is 23.5 Å². The number of hydrogen-bond donors (Lipinski definition) is 1. The van der Waals surface area contributed by atoms with E-state index in [4.69, 9.17) is 4.74 Å². The van der Waals surface area contributed by atoms with E-state index in [1.807, 2.05) is 32.0 Å². The van der Waals surface area contributed by atoms with Crippen molar-refractivity contribution in [1.82, 2.24) is 4.90 Å². The highest BCUT2D eigenvalue weighted by Gasteiger charge is 2.39. The predicted molar refractivity (Wildman–Crippen MR) is 113 cm³/mol. The van der Waals surface area contributed by atoms with Crippen molar-refractivity contribution < 1.29 is 19.2 Å². The molecule has 0 saturated heterocycles. The summed E-state index contributed by atoms with van der Waals surface area (Å²) in [6.45, 7) is 4.49. The number of nitrogens with one attached hydrogen (secondary N) is 1. The van der Waals surface area contributed by atoms with E-state index in [1.54, 1.807) is 7.11 Å². The van der Waals surface area contributed by atoms with Crippen molar-refractivity contribution in [3.63, 3.8) is 0 Å². The van der Waals surface area contributed by atoms with Crippen LogP contribution in [0.4, 0.5) is 11.4 Å².